The number of nitrogens with zero attached hydrogens (tertiary/aromatic N) is 4. The highest BCUT2D eigenvalue weighted by molar-refractivity contribution is 5.89. The molecule has 1 aromatic heterocycles. The van der Waals surface area contributed by atoms with Crippen molar-refractivity contribution in [2.75, 3.05) is 33.9 Å². The van der Waals surface area contributed by atoms with Gasteiger partial charge in [-0.3, -0.25) is 14.5 Å². The number of methoxy groups -OCH3 is 2. The van der Waals surface area contributed by atoms with Crippen molar-refractivity contribution in [2.45, 2.75) is 57.2 Å². The molecule has 2 bridgehead atoms. The predicted octanol–water partition coefficient (Wildman–Crippen LogP) is 2.84. The van der Waals surface area contributed by atoms with Crippen LogP contribution < -0.4 is 15.0 Å². The smallest absolute Gasteiger partial charge is 0.279 e. The Balaban J connectivity index is 1.30. The van der Waals surface area contributed by atoms with Gasteiger partial charge in [-0.2, -0.15) is 5.10 Å². The van der Waals surface area contributed by atoms with Crippen molar-refractivity contribution < 1.29 is 14.3 Å². The van der Waals surface area contributed by atoms with Gasteiger partial charge in [0.1, 0.15) is 6.54 Å². The van der Waals surface area contributed by atoms with Crippen LogP contribution in [0.1, 0.15) is 38.5 Å². The number of hydrogen-bond donors (Lipinski definition) is 0. The van der Waals surface area contributed by atoms with E-state index >= 15 is 0 Å². The van der Waals surface area contributed by atoms with E-state index in [-0.39, 0.29) is 24.1 Å². The first kappa shape index (κ1) is 22.6. The van der Waals surface area contributed by atoms with Crippen LogP contribution in [0, 0.1) is 11.8 Å². The number of aromatic nitrogens is 2. The zero-order valence-corrected chi connectivity index (χ0v) is 20.6. The van der Waals surface area contributed by atoms with E-state index in [9.17, 15) is 9.59 Å². The van der Waals surface area contributed by atoms with Crippen molar-refractivity contribution in [2.24, 2.45) is 11.8 Å². The summed E-state index contributed by atoms with van der Waals surface area (Å²) in [5.41, 5.74) is 1.11. The summed E-state index contributed by atoms with van der Waals surface area (Å²) in [5.74, 6) is 1.93. The fraction of sp³-hybridized carbons (Fsp3) is 0.593. The molecule has 4 heterocycles. The van der Waals surface area contributed by atoms with E-state index in [2.05, 4.69) is 16.1 Å². The molecular formula is C27H34N4O4. The third-order valence-electron chi connectivity index (χ3n) is 8.62. The molecule has 3 saturated heterocycles. The summed E-state index contributed by atoms with van der Waals surface area (Å²) in [5, 5.41) is 5.38. The standard InChI is InChI=1S/C27H34N4O4/c1-34-22-9-8-18-14-28-31(27(33)24(18)26(22)35-2)16-23(32)30-11-5-6-17-12-19-13-20(25(17)30)15-29-10-4-3-7-21(19)29/h8-9,12,14,19-21,25H,3-7,10-11,13,15-16H2,1-2H3/t19-,20+,21-,25-/m0/s1. The second-order valence-corrected chi connectivity index (χ2v) is 10.5. The number of fused-ring (bicyclic) bond motifs is 7. The minimum atomic E-state index is -0.336. The van der Waals surface area contributed by atoms with E-state index in [1.54, 1.807) is 25.4 Å². The van der Waals surface area contributed by atoms with Gasteiger partial charge < -0.3 is 14.4 Å². The second-order valence-electron chi connectivity index (χ2n) is 10.5. The zero-order valence-electron chi connectivity index (χ0n) is 20.6. The first-order chi connectivity index (χ1) is 17.1. The Morgan fingerprint density at radius 2 is 2.03 bits per heavy atom. The number of amides is 1. The number of ether oxygens (including phenoxy) is 2. The van der Waals surface area contributed by atoms with Gasteiger partial charge in [-0.15, -0.1) is 0 Å². The number of carbonyl (C=O) groups excluding carboxylic acids is 1. The first-order valence-electron chi connectivity index (χ1n) is 12.9. The minimum Gasteiger partial charge on any atom is -0.493 e. The topological polar surface area (TPSA) is 76.9 Å². The molecule has 0 spiro atoms. The highest BCUT2D eigenvalue weighted by Gasteiger charge is 2.46. The molecule has 1 amide bonds. The van der Waals surface area contributed by atoms with Crippen molar-refractivity contribution in [3.8, 4) is 11.5 Å². The van der Waals surface area contributed by atoms with Crippen LogP contribution in [0.2, 0.25) is 0 Å². The van der Waals surface area contributed by atoms with Crippen molar-refractivity contribution in [1.82, 2.24) is 19.6 Å². The molecule has 3 aliphatic heterocycles. The van der Waals surface area contributed by atoms with Gasteiger partial charge in [0.15, 0.2) is 11.5 Å². The number of benzene rings is 1. The Bertz CT molecular complexity index is 1240. The van der Waals surface area contributed by atoms with Gasteiger partial charge in [-0.1, -0.05) is 18.1 Å². The maximum Gasteiger partial charge on any atom is 0.279 e. The van der Waals surface area contributed by atoms with Crippen LogP contribution in [-0.4, -0.2) is 71.4 Å². The number of rotatable bonds is 4. The lowest BCUT2D eigenvalue weighted by Gasteiger charge is -2.54. The van der Waals surface area contributed by atoms with Gasteiger partial charge in [-0.25, -0.2) is 4.68 Å². The van der Waals surface area contributed by atoms with Crippen LogP contribution in [0.3, 0.4) is 0 Å². The zero-order chi connectivity index (χ0) is 24.1. The van der Waals surface area contributed by atoms with Gasteiger partial charge in [0.05, 0.1) is 31.8 Å². The van der Waals surface area contributed by atoms with Crippen LogP contribution in [0.15, 0.2) is 34.8 Å². The van der Waals surface area contributed by atoms with Gasteiger partial charge in [0.25, 0.3) is 5.56 Å². The first-order valence-corrected chi connectivity index (χ1v) is 12.9. The molecule has 186 valence electrons. The summed E-state index contributed by atoms with van der Waals surface area (Å²) < 4.78 is 12.1. The van der Waals surface area contributed by atoms with E-state index in [4.69, 9.17) is 9.47 Å². The molecule has 6 rings (SSSR count). The van der Waals surface area contributed by atoms with E-state index in [0.717, 1.165) is 25.9 Å². The van der Waals surface area contributed by atoms with Gasteiger partial charge in [-0.05, 0) is 62.6 Å². The summed E-state index contributed by atoms with van der Waals surface area (Å²) in [6.45, 7) is 2.94. The summed E-state index contributed by atoms with van der Waals surface area (Å²) in [6, 6.07) is 4.38. The summed E-state index contributed by atoms with van der Waals surface area (Å²) >= 11 is 0. The quantitative estimate of drug-likeness (QED) is 0.629. The molecule has 0 N–H and O–H groups in total. The number of carbonyl (C=O) groups is 1. The Labute approximate surface area is 205 Å². The molecule has 8 nitrogen and oxygen atoms in total. The molecule has 1 aliphatic carbocycles. The number of piperidine rings is 3. The molecule has 35 heavy (non-hydrogen) atoms. The Hall–Kier alpha value is -2.87. The summed E-state index contributed by atoms with van der Waals surface area (Å²) in [6.07, 6.45) is 11.3. The third-order valence-corrected chi connectivity index (χ3v) is 8.62. The molecule has 2 aromatic rings. The molecule has 0 unspecified atom stereocenters. The van der Waals surface area contributed by atoms with E-state index in [1.165, 1.54) is 49.6 Å². The fourth-order valence-electron chi connectivity index (χ4n) is 7.17. The fourth-order valence-corrected chi connectivity index (χ4v) is 7.17. The predicted molar refractivity (Wildman–Crippen MR) is 133 cm³/mol. The summed E-state index contributed by atoms with van der Waals surface area (Å²) in [4.78, 5) is 31.8. The number of hydrogen-bond acceptors (Lipinski definition) is 6. The summed E-state index contributed by atoms with van der Waals surface area (Å²) in [7, 11) is 3.06. The van der Waals surface area contributed by atoms with E-state index < -0.39 is 0 Å². The number of likely N-dealkylation sites (tertiary alicyclic amines) is 1. The Morgan fingerprint density at radius 3 is 2.86 bits per heavy atom. The Kier molecular flexibility index (Phi) is 5.79. The van der Waals surface area contributed by atoms with Crippen molar-refractivity contribution >= 4 is 16.7 Å². The van der Waals surface area contributed by atoms with Crippen molar-refractivity contribution in [3.63, 3.8) is 0 Å². The maximum absolute atomic E-state index is 13.7. The monoisotopic (exact) mass is 478 g/mol. The second kappa shape index (κ2) is 8.97. The third kappa shape index (κ3) is 3.73. The minimum absolute atomic E-state index is 0.0318. The highest BCUT2D eigenvalue weighted by Crippen LogP contribution is 2.45. The molecule has 4 aliphatic rings. The van der Waals surface area contributed by atoms with Gasteiger partial charge >= 0.3 is 0 Å². The van der Waals surface area contributed by atoms with Crippen LogP contribution in [0.4, 0.5) is 0 Å². The average Bonchev–Trinajstić information content (AvgIpc) is 2.89. The van der Waals surface area contributed by atoms with Crippen LogP contribution in [0.5, 0.6) is 11.5 Å². The van der Waals surface area contributed by atoms with Crippen LogP contribution in [0.25, 0.3) is 10.8 Å². The largest absolute Gasteiger partial charge is 0.493 e. The van der Waals surface area contributed by atoms with Gasteiger partial charge in [0.2, 0.25) is 5.91 Å². The SMILES string of the molecule is COc1ccc2cnn(CC(=O)N3CCCC4=C[C@H]5C[C@H](CN6CCCC[C@@H]56)[C@H]43)c(=O)c2c1OC. The van der Waals surface area contributed by atoms with Crippen molar-refractivity contribution in [1.29, 1.82) is 0 Å². The van der Waals surface area contributed by atoms with E-state index in [1.807, 2.05) is 4.90 Å². The lowest BCUT2D eigenvalue weighted by molar-refractivity contribution is -0.137. The average molecular weight is 479 g/mol. The molecule has 0 radical (unpaired) electrons. The molecular weight excluding hydrogens is 444 g/mol. The molecule has 0 saturated carbocycles. The van der Waals surface area contributed by atoms with Crippen LogP contribution in [-0.2, 0) is 11.3 Å². The lowest BCUT2D eigenvalue weighted by Crippen LogP contribution is -2.60. The highest BCUT2D eigenvalue weighted by atomic mass is 16.5. The molecule has 8 heteroatoms. The molecule has 1 aromatic carbocycles. The van der Waals surface area contributed by atoms with Crippen LogP contribution >= 0.6 is 0 Å². The Morgan fingerprint density at radius 1 is 1.14 bits per heavy atom. The van der Waals surface area contributed by atoms with Crippen molar-refractivity contribution in [3.05, 3.63) is 40.3 Å². The normalized spacial score (nSPS) is 28.2. The molecule has 3 fully saturated rings. The van der Waals surface area contributed by atoms with Gasteiger partial charge in [0, 0.05) is 24.5 Å². The van der Waals surface area contributed by atoms with E-state index in [0.29, 0.717) is 40.1 Å². The lowest BCUT2D eigenvalue weighted by atomic mass is 9.68. The molecule has 4 atom stereocenters. The maximum atomic E-state index is 13.7.